The summed E-state index contributed by atoms with van der Waals surface area (Å²) in [5, 5.41) is 10.4. The van der Waals surface area contributed by atoms with E-state index in [9.17, 15) is 18.1 Å². The van der Waals surface area contributed by atoms with Gasteiger partial charge in [-0.2, -0.15) is 0 Å². The molecule has 4 unspecified atom stereocenters. The summed E-state index contributed by atoms with van der Waals surface area (Å²) in [5.74, 6) is 1.73. The van der Waals surface area contributed by atoms with Crippen LogP contribution >= 0.6 is 0 Å². The van der Waals surface area contributed by atoms with Crippen LogP contribution in [-0.2, 0) is 16.8 Å². The second kappa shape index (κ2) is 6.80. The molecule has 7 heteroatoms. The molecule has 0 heterocycles. The number of aliphatic hydroxyl groups excluding tert-OH is 1. The zero-order valence-corrected chi connectivity index (χ0v) is 17.6. The Balaban J connectivity index is 0.00000182. The molecular weight excluding hydrogens is 351 g/mol. The van der Waals surface area contributed by atoms with Gasteiger partial charge in [0.05, 0.1) is 6.10 Å². The van der Waals surface area contributed by atoms with Crippen LogP contribution in [0.15, 0.2) is 18.2 Å². The van der Waals surface area contributed by atoms with Gasteiger partial charge in [0.1, 0.15) is 5.75 Å². The zero-order chi connectivity index (χ0) is 17.1. The summed E-state index contributed by atoms with van der Waals surface area (Å²) in [6.45, 7) is 2.25. The molecule has 0 spiro atoms. The van der Waals surface area contributed by atoms with Gasteiger partial charge in [0, 0.05) is 0 Å². The first-order chi connectivity index (χ1) is 11.3. The molecule has 0 saturated heterocycles. The van der Waals surface area contributed by atoms with Gasteiger partial charge < -0.3 is 13.8 Å². The molecule has 0 aromatic heterocycles. The van der Waals surface area contributed by atoms with Crippen LogP contribution in [0.1, 0.15) is 56.1 Å². The Morgan fingerprint density at radius 1 is 1.24 bits per heavy atom. The average molecular weight is 374 g/mol. The molecule has 3 aliphatic rings. The van der Waals surface area contributed by atoms with Gasteiger partial charge in [0.2, 0.25) is 0 Å². The molecule has 2 saturated carbocycles. The van der Waals surface area contributed by atoms with Crippen LogP contribution in [0.25, 0.3) is 0 Å². The fraction of sp³-hybridized carbons (Fsp3) is 0.667. The minimum absolute atomic E-state index is 0. The Morgan fingerprint density at radius 2 is 2.00 bits per heavy atom. The van der Waals surface area contributed by atoms with Gasteiger partial charge in [-0.15, -0.1) is 0 Å². The first-order valence-electron chi connectivity index (χ1n) is 8.74. The molecule has 0 amide bonds. The van der Waals surface area contributed by atoms with Crippen molar-refractivity contribution >= 4 is 10.4 Å². The number of aliphatic hydroxyl groups is 1. The third-order valence-electron chi connectivity index (χ3n) is 6.85. The van der Waals surface area contributed by atoms with Crippen molar-refractivity contribution in [3.63, 3.8) is 0 Å². The number of aryl methyl sites for hydroxylation is 1. The van der Waals surface area contributed by atoms with E-state index in [-0.39, 0.29) is 46.8 Å². The van der Waals surface area contributed by atoms with Crippen LogP contribution < -0.4 is 33.7 Å². The Bertz CT molecular complexity index is 765. The second-order valence-electron chi connectivity index (χ2n) is 7.91. The fourth-order valence-corrected chi connectivity index (χ4v) is 6.04. The quantitative estimate of drug-likeness (QED) is 0.438. The van der Waals surface area contributed by atoms with Gasteiger partial charge >= 0.3 is 29.6 Å². The van der Waals surface area contributed by atoms with Crippen LogP contribution in [0.3, 0.4) is 0 Å². The van der Waals surface area contributed by atoms with Gasteiger partial charge in [-0.3, -0.25) is 0 Å². The average Bonchev–Trinajstić information content (AvgIpc) is 2.81. The summed E-state index contributed by atoms with van der Waals surface area (Å²) in [4.78, 5) is 0. The van der Waals surface area contributed by atoms with E-state index in [1.807, 2.05) is 6.07 Å². The maximum Gasteiger partial charge on any atom is 1.00 e. The van der Waals surface area contributed by atoms with Gasteiger partial charge in [-0.1, -0.05) is 13.0 Å². The number of benzene rings is 1. The summed E-state index contributed by atoms with van der Waals surface area (Å²) in [6, 6.07) is 5.23. The SMILES string of the molecule is CC12CCC3c4ccc(OS(=O)(=O)[O-])cc4CCC3C1CC[C@H]2O.[Na+]. The maximum atomic E-state index is 10.8. The minimum atomic E-state index is -4.73. The maximum absolute atomic E-state index is 10.8. The molecule has 1 aromatic rings. The smallest absolute Gasteiger partial charge is 0.716 e. The summed E-state index contributed by atoms with van der Waals surface area (Å²) >= 11 is 0. The minimum Gasteiger partial charge on any atom is -0.716 e. The van der Waals surface area contributed by atoms with Crippen LogP contribution in [0.2, 0.25) is 0 Å². The number of hydrogen-bond acceptors (Lipinski definition) is 5. The second-order valence-corrected chi connectivity index (χ2v) is 8.89. The summed E-state index contributed by atoms with van der Waals surface area (Å²) in [6.07, 6.45) is 5.85. The molecular formula is C18H23NaO5S. The Hall–Kier alpha value is -0.110. The van der Waals surface area contributed by atoms with E-state index in [1.54, 1.807) is 12.1 Å². The van der Waals surface area contributed by atoms with Crippen LogP contribution in [0, 0.1) is 17.3 Å². The van der Waals surface area contributed by atoms with E-state index in [0.717, 1.165) is 44.1 Å². The van der Waals surface area contributed by atoms with E-state index >= 15 is 0 Å². The molecule has 0 bridgehead atoms. The molecule has 4 rings (SSSR count). The normalized spacial score (nSPS) is 36.6. The Morgan fingerprint density at radius 3 is 2.72 bits per heavy atom. The van der Waals surface area contributed by atoms with E-state index in [1.165, 1.54) is 5.56 Å². The molecule has 5 nitrogen and oxygen atoms in total. The van der Waals surface area contributed by atoms with E-state index < -0.39 is 10.4 Å². The van der Waals surface area contributed by atoms with Gasteiger partial charge in [-0.05, 0) is 85.0 Å². The predicted octanol–water partition coefficient (Wildman–Crippen LogP) is -0.253. The largest absolute Gasteiger partial charge is 1.00 e. The molecule has 132 valence electrons. The predicted molar refractivity (Wildman–Crippen MR) is 87.4 cm³/mol. The molecule has 5 atom stereocenters. The molecule has 0 aliphatic heterocycles. The van der Waals surface area contributed by atoms with E-state index in [4.69, 9.17) is 0 Å². The molecule has 0 radical (unpaired) electrons. The van der Waals surface area contributed by atoms with Crippen LogP contribution in [-0.4, -0.2) is 24.2 Å². The van der Waals surface area contributed by atoms with Crippen molar-refractivity contribution < 1.29 is 51.8 Å². The first kappa shape index (κ1) is 19.6. The third-order valence-corrected chi connectivity index (χ3v) is 7.24. The summed E-state index contributed by atoms with van der Waals surface area (Å²) < 4.78 is 36.8. The van der Waals surface area contributed by atoms with Gasteiger partial charge in [0.15, 0.2) is 0 Å². The number of hydrogen-bond donors (Lipinski definition) is 1. The molecule has 2 fully saturated rings. The van der Waals surface area contributed by atoms with E-state index in [0.29, 0.717) is 17.8 Å². The monoisotopic (exact) mass is 374 g/mol. The molecule has 25 heavy (non-hydrogen) atoms. The Labute approximate surface area is 171 Å². The first-order valence-corrected chi connectivity index (χ1v) is 10.1. The van der Waals surface area contributed by atoms with Crippen molar-refractivity contribution in [2.75, 3.05) is 0 Å². The zero-order valence-electron chi connectivity index (χ0n) is 14.8. The van der Waals surface area contributed by atoms with Crippen molar-refractivity contribution in [1.29, 1.82) is 0 Å². The van der Waals surface area contributed by atoms with Crippen LogP contribution in [0.4, 0.5) is 0 Å². The summed E-state index contributed by atoms with van der Waals surface area (Å²) in [5.41, 5.74) is 2.42. The van der Waals surface area contributed by atoms with Crippen molar-refractivity contribution in [2.24, 2.45) is 17.3 Å². The molecule has 3 aliphatic carbocycles. The third kappa shape index (κ3) is 3.42. The van der Waals surface area contributed by atoms with Crippen molar-refractivity contribution in [3.8, 4) is 5.75 Å². The van der Waals surface area contributed by atoms with Gasteiger partial charge in [0.25, 0.3) is 10.4 Å². The number of rotatable bonds is 2. The molecule has 1 N–H and O–H groups in total. The van der Waals surface area contributed by atoms with Crippen molar-refractivity contribution in [1.82, 2.24) is 0 Å². The van der Waals surface area contributed by atoms with E-state index in [2.05, 4.69) is 11.1 Å². The van der Waals surface area contributed by atoms with Crippen molar-refractivity contribution in [2.45, 2.75) is 57.5 Å². The fourth-order valence-electron chi connectivity index (χ4n) is 5.70. The van der Waals surface area contributed by atoms with Gasteiger partial charge in [-0.25, -0.2) is 8.42 Å². The standard InChI is InChI=1S/C18H24O5S.Na/c1-18-9-8-14-13-5-3-12(23-24(20,21)22)10-11(13)2-4-15(14)16(18)6-7-17(18)19;/h3,5,10,14-17,19H,2,4,6-9H2,1H3,(H,20,21,22);/q;+1/p-1/t14?,15?,16?,17-,18?;/m1./s1. The van der Waals surface area contributed by atoms with Crippen LogP contribution in [0.5, 0.6) is 5.75 Å². The molecule has 1 aromatic carbocycles. The number of fused-ring (bicyclic) bond motifs is 5. The van der Waals surface area contributed by atoms with Crippen molar-refractivity contribution in [3.05, 3.63) is 29.3 Å². The summed E-state index contributed by atoms with van der Waals surface area (Å²) in [7, 11) is -4.73. The Kier molecular flexibility index (Phi) is 5.35. The topological polar surface area (TPSA) is 86.7 Å².